The van der Waals surface area contributed by atoms with Crippen molar-refractivity contribution in [2.45, 2.75) is 11.7 Å². The molecule has 1 aromatic rings. The van der Waals surface area contributed by atoms with Crippen molar-refractivity contribution in [3.63, 3.8) is 0 Å². The van der Waals surface area contributed by atoms with E-state index in [1.54, 1.807) is 0 Å². The zero-order valence-electron chi connectivity index (χ0n) is 10.3. The maximum atomic E-state index is 11.3. The quantitative estimate of drug-likeness (QED) is 0.820. The average molecular weight is 252 g/mol. The predicted octanol–water partition coefficient (Wildman–Crippen LogP) is 0.946. The molecule has 0 aliphatic carbocycles. The van der Waals surface area contributed by atoms with E-state index in [0.29, 0.717) is 0 Å². The average Bonchev–Trinajstić information content (AvgIpc) is 2.17. The van der Waals surface area contributed by atoms with Gasteiger partial charge in [-0.2, -0.15) is 0 Å². The highest BCUT2D eigenvalue weighted by Gasteiger charge is 2.15. The molecule has 0 unspecified atom stereocenters. The molecular weight excluding hydrogens is 240 g/mol. The van der Waals surface area contributed by atoms with Crippen LogP contribution in [0, 0.1) is 0 Å². The molecule has 0 atom stereocenters. The van der Waals surface area contributed by atoms with Crippen LogP contribution < -0.4 is 10.5 Å². The highest BCUT2D eigenvalue weighted by atomic mass is 35.5. The van der Waals surface area contributed by atoms with Gasteiger partial charge in [0.05, 0.1) is 5.69 Å². The number of carbonyl (C=O) groups excluding carboxylic acids is 1. The summed E-state index contributed by atoms with van der Waals surface area (Å²) in [7, 11) is -4.13. The molecule has 0 heterocycles. The molecule has 1 aromatic carbocycles. The molecule has 0 aliphatic heterocycles. The molecule has 0 fully saturated rings. The first-order valence-corrected chi connectivity index (χ1v) is 5.58. The maximum Gasteiger partial charge on any atom is 0.240 e. The van der Waals surface area contributed by atoms with Gasteiger partial charge >= 0.3 is 0 Å². The summed E-state index contributed by atoms with van der Waals surface area (Å²) in [6.07, 6.45) is 0. The minimum absolute atomic E-state index is 0.0888. The van der Waals surface area contributed by atoms with Gasteiger partial charge in [-0.05, 0) is 18.2 Å². The van der Waals surface area contributed by atoms with Gasteiger partial charge < -0.3 is 5.32 Å². The van der Waals surface area contributed by atoms with Crippen molar-refractivity contribution in [2.75, 3.05) is 5.32 Å². The van der Waals surface area contributed by atoms with Gasteiger partial charge in [0, 0.05) is 16.0 Å². The first-order valence-electron chi connectivity index (χ1n) is 5.15. The van der Waals surface area contributed by atoms with Gasteiger partial charge in [0.2, 0.25) is 15.9 Å². The second kappa shape index (κ2) is 4.18. The molecular formula is C8H9ClN2O3S. The van der Waals surface area contributed by atoms with Crippen LogP contribution in [0.4, 0.5) is 5.69 Å². The van der Waals surface area contributed by atoms with Gasteiger partial charge in [0.15, 0.2) is 0 Å². The fourth-order valence-electron chi connectivity index (χ4n) is 0.957. The number of rotatable bonds is 2. The van der Waals surface area contributed by atoms with Crippen LogP contribution in [0.2, 0.25) is 5.02 Å². The minimum atomic E-state index is -4.13. The zero-order chi connectivity index (χ0) is 14.1. The monoisotopic (exact) mass is 251 g/mol. The second-order valence-electron chi connectivity index (χ2n) is 2.64. The molecule has 0 bridgehead atoms. The third-order valence-corrected chi connectivity index (χ3v) is 2.68. The molecule has 3 N–H and O–H groups in total. The zero-order valence-corrected chi connectivity index (χ0v) is 8.89. The molecule has 82 valence electrons. The molecule has 0 aliphatic rings. The number of anilines is 1. The Balaban J connectivity index is 3.23. The van der Waals surface area contributed by atoms with Crippen molar-refractivity contribution in [3.8, 4) is 0 Å². The third kappa shape index (κ3) is 3.19. The smallest absolute Gasteiger partial charge is 0.240 e. The molecule has 0 saturated heterocycles. The summed E-state index contributed by atoms with van der Waals surface area (Å²) in [5.41, 5.74) is -0.233. The van der Waals surface area contributed by atoms with Crippen LogP contribution in [-0.4, -0.2) is 14.3 Å². The van der Waals surface area contributed by atoms with Crippen molar-refractivity contribution >= 4 is 33.2 Å². The number of sulfonamides is 1. The van der Waals surface area contributed by atoms with Gasteiger partial charge in [-0.1, -0.05) is 11.6 Å². The number of hydrogen-bond donors (Lipinski definition) is 2. The van der Waals surface area contributed by atoms with E-state index in [1.165, 1.54) is 6.07 Å². The van der Waals surface area contributed by atoms with Crippen LogP contribution in [0.25, 0.3) is 0 Å². The summed E-state index contributed by atoms with van der Waals surface area (Å²) in [6.45, 7) is -2.89. The molecule has 0 aromatic heterocycles. The van der Waals surface area contributed by atoms with Crippen molar-refractivity contribution in [2.24, 2.45) is 5.14 Å². The van der Waals surface area contributed by atoms with Crippen LogP contribution in [0.1, 0.15) is 11.0 Å². The number of amides is 1. The summed E-state index contributed by atoms with van der Waals surface area (Å²) in [4.78, 5) is 10.8. The Morgan fingerprint density at radius 3 is 2.80 bits per heavy atom. The van der Waals surface area contributed by atoms with E-state index in [4.69, 9.17) is 20.9 Å². The predicted molar refractivity (Wildman–Crippen MR) is 57.1 cm³/mol. The SMILES string of the molecule is [2H]C([2H])([2H])C(=O)Nc1ccc(Cl)cc1S(N)(=O)=O. The van der Waals surface area contributed by atoms with E-state index < -0.39 is 27.7 Å². The number of benzene rings is 1. The lowest BCUT2D eigenvalue weighted by atomic mass is 10.3. The molecule has 0 saturated carbocycles. The minimum Gasteiger partial charge on any atom is -0.325 e. The number of nitrogens with two attached hydrogens (primary N) is 1. The van der Waals surface area contributed by atoms with Crippen molar-refractivity contribution < 1.29 is 17.3 Å². The fourth-order valence-corrected chi connectivity index (χ4v) is 1.91. The van der Waals surface area contributed by atoms with Crippen molar-refractivity contribution in [1.29, 1.82) is 0 Å². The Kier molecular flexibility index (Phi) is 2.25. The van der Waals surface area contributed by atoms with Crippen LogP contribution in [0.15, 0.2) is 23.1 Å². The summed E-state index contributed by atoms with van der Waals surface area (Å²) in [5.74, 6) is -1.31. The van der Waals surface area contributed by atoms with Crippen molar-refractivity contribution in [3.05, 3.63) is 23.2 Å². The first-order chi connectivity index (χ1) is 8.01. The topological polar surface area (TPSA) is 89.3 Å². The van der Waals surface area contributed by atoms with E-state index in [9.17, 15) is 13.2 Å². The number of hydrogen-bond acceptors (Lipinski definition) is 3. The Morgan fingerprint density at radius 1 is 1.60 bits per heavy atom. The van der Waals surface area contributed by atoms with Gasteiger partial charge in [0.25, 0.3) is 0 Å². The Hall–Kier alpha value is -1.11. The van der Waals surface area contributed by atoms with E-state index in [1.807, 2.05) is 5.32 Å². The van der Waals surface area contributed by atoms with Gasteiger partial charge in [-0.15, -0.1) is 0 Å². The van der Waals surface area contributed by atoms with Gasteiger partial charge in [0.1, 0.15) is 4.90 Å². The normalized spacial score (nSPS) is 14.9. The van der Waals surface area contributed by atoms with Crippen LogP contribution >= 0.6 is 11.6 Å². The lowest BCUT2D eigenvalue weighted by Gasteiger charge is -2.07. The van der Waals surface area contributed by atoms with Gasteiger partial charge in [-0.3, -0.25) is 4.79 Å². The molecule has 0 radical (unpaired) electrons. The number of halogens is 1. The van der Waals surface area contributed by atoms with E-state index in [2.05, 4.69) is 0 Å². The Labute approximate surface area is 96.5 Å². The lowest BCUT2D eigenvalue weighted by molar-refractivity contribution is -0.114. The molecule has 15 heavy (non-hydrogen) atoms. The summed E-state index contributed by atoms with van der Waals surface area (Å²) < 4.78 is 43.1. The van der Waals surface area contributed by atoms with E-state index in [0.717, 1.165) is 12.1 Å². The third-order valence-electron chi connectivity index (χ3n) is 1.50. The Morgan fingerprint density at radius 2 is 2.27 bits per heavy atom. The highest BCUT2D eigenvalue weighted by Crippen LogP contribution is 2.23. The van der Waals surface area contributed by atoms with E-state index >= 15 is 0 Å². The largest absolute Gasteiger partial charge is 0.325 e. The van der Waals surface area contributed by atoms with Crippen LogP contribution in [-0.2, 0) is 14.8 Å². The summed E-state index contributed by atoms with van der Waals surface area (Å²) in [6, 6.07) is 3.48. The number of carbonyl (C=O) groups is 1. The van der Waals surface area contributed by atoms with Gasteiger partial charge in [-0.25, -0.2) is 13.6 Å². The number of nitrogens with one attached hydrogen (secondary N) is 1. The van der Waals surface area contributed by atoms with E-state index in [-0.39, 0.29) is 10.7 Å². The van der Waals surface area contributed by atoms with Crippen LogP contribution in [0.5, 0.6) is 0 Å². The van der Waals surface area contributed by atoms with Crippen LogP contribution in [0.3, 0.4) is 0 Å². The molecule has 1 amide bonds. The second-order valence-corrected chi connectivity index (χ2v) is 4.61. The molecule has 0 spiro atoms. The fraction of sp³-hybridized carbons (Fsp3) is 0.125. The molecule has 5 nitrogen and oxygen atoms in total. The first kappa shape index (κ1) is 8.09. The molecule has 1 rings (SSSR count). The summed E-state index contributed by atoms with van der Waals surface area (Å²) >= 11 is 5.61. The maximum absolute atomic E-state index is 11.3. The molecule has 7 heteroatoms. The lowest BCUT2D eigenvalue weighted by Crippen LogP contribution is -2.16. The van der Waals surface area contributed by atoms with Crippen molar-refractivity contribution in [1.82, 2.24) is 0 Å². The Bertz CT molecular complexity index is 586. The highest BCUT2D eigenvalue weighted by molar-refractivity contribution is 7.89. The standard InChI is InChI=1S/C8H9ClN2O3S/c1-5(12)11-7-3-2-6(9)4-8(7)15(10,13)14/h2-4H,1H3,(H,11,12)(H2,10,13,14)/i1D3. The summed E-state index contributed by atoms with van der Waals surface area (Å²) in [5, 5.41) is 6.99. The number of primary sulfonamides is 1.